The van der Waals surface area contributed by atoms with Gasteiger partial charge in [-0.15, -0.1) is 12.4 Å². The van der Waals surface area contributed by atoms with Gasteiger partial charge in [0.05, 0.1) is 12.7 Å². The molecule has 0 aromatic heterocycles. The standard InChI is InChI=1S/C10H13F2NO3.ClH/c1-16-7-4-2-3-6(15)8(7)9(13)10(11,12)5-14;/h2-4,9,14-15H,5,13H2,1H3;1H/t9-;/m1./s1. The minimum atomic E-state index is -3.52. The zero-order valence-electron chi connectivity index (χ0n) is 9.06. The van der Waals surface area contributed by atoms with E-state index in [0.717, 1.165) is 0 Å². The number of ether oxygens (including phenoxy) is 1. The summed E-state index contributed by atoms with van der Waals surface area (Å²) in [7, 11) is 1.28. The first kappa shape index (κ1) is 15.9. The monoisotopic (exact) mass is 269 g/mol. The molecule has 0 bridgehead atoms. The van der Waals surface area contributed by atoms with Crippen LogP contribution in [-0.4, -0.2) is 29.9 Å². The molecular weight excluding hydrogens is 256 g/mol. The summed E-state index contributed by atoms with van der Waals surface area (Å²) in [6.45, 7) is -1.40. The molecule has 0 amide bonds. The van der Waals surface area contributed by atoms with Gasteiger partial charge in [-0.3, -0.25) is 0 Å². The molecule has 0 fully saturated rings. The summed E-state index contributed by atoms with van der Waals surface area (Å²) >= 11 is 0. The van der Waals surface area contributed by atoms with Crippen molar-refractivity contribution in [2.75, 3.05) is 13.7 Å². The number of alkyl halides is 2. The van der Waals surface area contributed by atoms with E-state index in [0.29, 0.717) is 0 Å². The lowest BCUT2D eigenvalue weighted by molar-refractivity contribution is -0.0719. The average Bonchev–Trinajstić information content (AvgIpc) is 2.27. The van der Waals surface area contributed by atoms with Gasteiger partial charge in [0.2, 0.25) is 0 Å². The molecule has 4 nitrogen and oxygen atoms in total. The number of methoxy groups -OCH3 is 1. The summed E-state index contributed by atoms with van der Waals surface area (Å²) in [5.41, 5.74) is 5.09. The molecule has 1 aromatic carbocycles. The minimum absolute atomic E-state index is 0. The Balaban J connectivity index is 0.00000256. The van der Waals surface area contributed by atoms with E-state index in [2.05, 4.69) is 0 Å². The molecule has 1 rings (SSSR count). The van der Waals surface area contributed by atoms with Gasteiger partial charge in [0, 0.05) is 0 Å². The zero-order valence-corrected chi connectivity index (χ0v) is 9.88. The van der Waals surface area contributed by atoms with Crippen LogP contribution in [0.5, 0.6) is 11.5 Å². The summed E-state index contributed by atoms with van der Waals surface area (Å²) in [4.78, 5) is 0. The Kier molecular flexibility index (Phi) is 5.60. The van der Waals surface area contributed by atoms with Crippen LogP contribution in [0.1, 0.15) is 11.6 Å². The van der Waals surface area contributed by atoms with Gasteiger partial charge in [0.15, 0.2) is 0 Å². The fourth-order valence-electron chi connectivity index (χ4n) is 1.33. The molecule has 0 radical (unpaired) electrons. The second-order valence-corrected chi connectivity index (χ2v) is 3.29. The normalized spacial score (nSPS) is 12.8. The number of aliphatic hydroxyl groups is 1. The maximum Gasteiger partial charge on any atom is 0.289 e. The molecule has 0 aliphatic carbocycles. The number of aromatic hydroxyl groups is 1. The third-order valence-corrected chi connectivity index (χ3v) is 2.24. The summed E-state index contributed by atoms with van der Waals surface area (Å²) < 4.78 is 31.2. The Bertz CT molecular complexity index is 377. The van der Waals surface area contributed by atoms with Crippen LogP contribution in [0.15, 0.2) is 18.2 Å². The molecule has 0 aliphatic heterocycles. The molecule has 17 heavy (non-hydrogen) atoms. The van der Waals surface area contributed by atoms with E-state index >= 15 is 0 Å². The molecule has 1 aromatic rings. The highest BCUT2D eigenvalue weighted by Gasteiger charge is 2.40. The molecule has 1 atom stereocenters. The number of rotatable bonds is 4. The average molecular weight is 270 g/mol. The van der Waals surface area contributed by atoms with Crippen LogP contribution in [0.3, 0.4) is 0 Å². The summed E-state index contributed by atoms with van der Waals surface area (Å²) in [5.74, 6) is -3.85. The van der Waals surface area contributed by atoms with Gasteiger partial charge in [-0.2, -0.15) is 0 Å². The van der Waals surface area contributed by atoms with E-state index in [1.165, 1.54) is 25.3 Å². The van der Waals surface area contributed by atoms with E-state index in [-0.39, 0.29) is 29.5 Å². The first-order valence-electron chi connectivity index (χ1n) is 4.54. The van der Waals surface area contributed by atoms with Crippen molar-refractivity contribution >= 4 is 12.4 Å². The SMILES string of the molecule is COc1cccc(O)c1[C@@H](N)C(F)(F)CO.Cl. The number of halogens is 3. The van der Waals surface area contributed by atoms with Gasteiger partial charge < -0.3 is 20.7 Å². The molecule has 7 heteroatoms. The van der Waals surface area contributed by atoms with Crippen molar-refractivity contribution in [3.63, 3.8) is 0 Å². The highest BCUT2D eigenvalue weighted by atomic mass is 35.5. The van der Waals surface area contributed by atoms with Crippen LogP contribution in [0, 0.1) is 0 Å². The summed E-state index contributed by atoms with van der Waals surface area (Å²) in [5, 5.41) is 18.0. The predicted octanol–water partition coefficient (Wildman–Crippen LogP) is 1.45. The molecule has 4 N–H and O–H groups in total. The maximum absolute atomic E-state index is 13.2. The molecule has 98 valence electrons. The molecule has 0 aliphatic rings. The third kappa shape index (κ3) is 3.18. The molecular formula is C10H14ClF2NO3. The Hall–Kier alpha value is -1.11. The van der Waals surface area contributed by atoms with E-state index in [4.69, 9.17) is 15.6 Å². The van der Waals surface area contributed by atoms with Crippen LogP contribution < -0.4 is 10.5 Å². The van der Waals surface area contributed by atoms with Crippen LogP contribution in [-0.2, 0) is 0 Å². The van der Waals surface area contributed by atoms with E-state index in [1.54, 1.807) is 0 Å². The molecule has 0 saturated heterocycles. The van der Waals surface area contributed by atoms with Crippen LogP contribution in [0.25, 0.3) is 0 Å². The summed E-state index contributed by atoms with van der Waals surface area (Å²) in [6.07, 6.45) is 0. The van der Waals surface area contributed by atoms with Crippen molar-refractivity contribution in [3.8, 4) is 11.5 Å². The number of hydrogen-bond donors (Lipinski definition) is 3. The van der Waals surface area contributed by atoms with E-state index in [9.17, 15) is 13.9 Å². The van der Waals surface area contributed by atoms with Gasteiger partial charge in [0.25, 0.3) is 5.92 Å². The van der Waals surface area contributed by atoms with E-state index < -0.39 is 18.6 Å². The third-order valence-electron chi connectivity index (χ3n) is 2.24. The van der Waals surface area contributed by atoms with Crippen molar-refractivity contribution in [2.24, 2.45) is 5.73 Å². The number of aliphatic hydroxyl groups excluding tert-OH is 1. The van der Waals surface area contributed by atoms with Crippen molar-refractivity contribution in [1.82, 2.24) is 0 Å². The fraction of sp³-hybridized carbons (Fsp3) is 0.400. The van der Waals surface area contributed by atoms with Gasteiger partial charge in [-0.25, -0.2) is 8.78 Å². The quantitative estimate of drug-likeness (QED) is 0.773. The lowest BCUT2D eigenvalue weighted by Gasteiger charge is -2.23. The van der Waals surface area contributed by atoms with Crippen molar-refractivity contribution in [1.29, 1.82) is 0 Å². The topological polar surface area (TPSA) is 75.7 Å². The molecule has 0 heterocycles. The van der Waals surface area contributed by atoms with Gasteiger partial charge in [0.1, 0.15) is 24.1 Å². The number of phenolic OH excluding ortho intramolecular Hbond substituents is 1. The lowest BCUT2D eigenvalue weighted by atomic mass is 10.00. The van der Waals surface area contributed by atoms with Crippen LogP contribution in [0.2, 0.25) is 0 Å². The minimum Gasteiger partial charge on any atom is -0.507 e. The first-order valence-corrected chi connectivity index (χ1v) is 4.54. The summed E-state index contributed by atoms with van der Waals surface area (Å²) in [6, 6.07) is 2.25. The Labute approximate surface area is 103 Å². The van der Waals surface area contributed by atoms with Gasteiger partial charge >= 0.3 is 0 Å². The largest absolute Gasteiger partial charge is 0.507 e. The van der Waals surface area contributed by atoms with E-state index in [1.807, 2.05) is 0 Å². The second kappa shape index (κ2) is 6.00. The second-order valence-electron chi connectivity index (χ2n) is 3.29. The Morgan fingerprint density at radius 1 is 1.47 bits per heavy atom. The number of phenols is 1. The predicted molar refractivity (Wildman–Crippen MR) is 60.9 cm³/mol. The Morgan fingerprint density at radius 2 is 2.06 bits per heavy atom. The van der Waals surface area contributed by atoms with Gasteiger partial charge in [-0.05, 0) is 12.1 Å². The van der Waals surface area contributed by atoms with Crippen LogP contribution >= 0.6 is 12.4 Å². The highest BCUT2D eigenvalue weighted by molar-refractivity contribution is 5.85. The smallest absolute Gasteiger partial charge is 0.289 e. The lowest BCUT2D eigenvalue weighted by Crippen LogP contribution is -2.36. The highest BCUT2D eigenvalue weighted by Crippen LogP contribution is 2.39. The first-order chi connectivity index (χ1) is 7.44. The number of hydrogen-bond acceptors (Lipinski definition) is 4. The van der Waals surface area contributed by atoms with Gasteiger partial charge in [-0.1, -0.05) is 6.07 Å². The number of benzene rings is 1. The maximum atomic E-state index is 13.2. The van der Waals surface area contributed by atoms with Crippen LogP contribution in [0.4, 0.5) is 8.78 Å². The number of nitrogens with two attached hydrogens (primary N) is 1. The molecule has 0 saturated carbocycles. The molecule has 0 spiro atoms. The van der Waals surface area contributed by atoms with Crippen molar-refractivity contribution < 1.29 is 23.7 Å². The van der Waals surface area contributed by atoms with Crippen molar-refractivity contribution in [3.05, 3.63) is 23.8 Å². The van der Waals surface area contributed by atoms with Crippen molar-refractivity contribution in [2.45, 2.75) is 12.0 Å². The Morgan fingerprint density at radius 3 is 2.53 bits per heavy atom. The molecule has 0 unspecified atom stereocenters. The fourth-order valence-corrected chi connectivity index (χ4v) is 1.33. The zero-order chi connectivity index (χ0) is 12.3.